The highest BCUT2D eigenvalue weighted by Crippen LogP contribution is 2.36. The van der Waals surface area contributed by atoms with E-state index in [1.54, 1.807) is 18.2 Å². The van der Waals surface area contributed by atoms with E-state index in [9.17, 15) is 18.0 Å². The summed E-state index contributed by atoms with van der Waals surface area (Å²) in [5.74, 6) is -3.68. The zero-order chi connectivity index (χ0) is 14.0. The van der Waals surface area contributed by atoms with Crippen molar-refractivity contribution in [3.63, 3.8) is 0 Å². The van der Waals surface area contributed by atoms with Gasteiger partial charge >= 0.3 is 12.1 Å². The van der Waals surface area contributed by atoms with Crippen LogP contribution < -0.4 is 0 Å². The SMILES string of the molecule is O=C(O)CC(c1cnc2ccccc2n1)C(F)(F)F. The minimum Gasteiger partial charge on any atom is -0.481 e. The molecule has 0 saturated carbocycles. The highest BCUT2D eigenvalue weighted by molar-refractivity contribution is 5.74. The van der Waals surface area contributed by atoms with Crippen LogP contribution in [0.3, 0.4) is 0 Å². The number of nitrogens with zero attached hydrogens (tertiary/aromatic N) is 2. The summed E-state index contributed by atoms with van der Waals surface area (Å²) in [6, 6.07) is 6.46. The number of hydrogen-bond donors (Lipinski definition) is 1. The van der Waals surface area contributed by atoms with E-state index in [2.05, 4.69) is 9.97 Å². The van der Waals surface area contributed by atoms with E-state index in [-0.39, 0.29) is 5.69 Å². The fourth-order valence-corrected chi connectivity index (χ4v) is 1.70. The van der Waals surface area contributed by atoms with Crippen molar-refractivity contribution in [1.82, 2.24) is 9.97 Å². The molecule has 1 aromatic heterocycles. The van der Waals surface area contributed by atoms with Crippen LogP contribution in [0.25, 0.3) is 11.0 Å². The predicted molar refractivity (Wildman–Crippen MR) is 60.6 cm³/mol. The molecular formula is C12H9F3N2O2. The number of carbonyl (C=O) groups is 1. The largest absolute Gasteiger partial charge is 0.481 e. The Morgan fingerprint density at radius 1 is 1.26 bits per heavy atom. The number of fused-ring (bicyclic) bond motifs is 1. The predicted octanol–water partition coefficient (Wildman–Crippen LogP) is 2.75. The number of aliphatic carboxylic acids is 1. The van der Waals surface area contributed by atoms with Crippen molar-refractivity contribution >= 4 is 17.0 Å². The van der Waals surface area contributed by atoms with Crippen LogP contribution in [0.1, 0.15) is 18.0 Å². The maximum atomic E-state index is 12.8. The van der Waals surface area contributed by atoms with Gasteiger partial charge in [-0.2, -0.15) is 13.2 Å². The summed E-state index contributed by atoms with van der Waals surface area (Å²) < 4.78 is 38.5. The maximum absolute atomic E-state index is 12.8. The van der Waals surface area contributed by atoms with E-state index in [1.165, 1.54) is 6.07 Å². The van der Waals surface area contributed by atoms with Gasteiger partial charge in [-0.05, 0) is 12.1 Å². The van der Waals surface area contributed by atoms with E-state index in [4.69, 9.17) is 5.11 Å². The summed E-state index contributed by atoms with van der Waals surface area (Å²) in [5, 5.41) is 8.57. The lowest BCUT2D eigenvalue weighted by atomic mass is 10.0. The van der Waals surface area contributed by atoms with E-state index < -0.39 is 24.5 Å². The number of carboxylic acids is 1. The molecule has 100 valence electrons. The topological polar surface area (TPSA) is 63.1 Å². The third kappa shape index (κ3) is 2.98. The fourth-order valence-electron chi connectivity index (χ4n) is 1.70. The molecule has 1 atom stereocenters. The Morgan fingerprint density at radius 2 is 1.89 bits per heavy atom. The van der Waals surface area contributed by atoms with Crippen molar-refractivity contribution in [2.24, 2.45) is 0 Å². The van der Waals surface area contributed by atoms with Crippen LogP contribution >= 0.6 is 0 Å². The molecule has 0 bridgehead atoms. The maximum Gasteiger partial charge on any atom is 0.397 e. The van der Waals surface area contributed by atoms with Gasteiger partial charge < -0.3 is 5.11 Å². The Kier molecular flexibility index (Phi) is 3.37. The summed E-state index contributed by atoms with van der Waals surface area (Å²) in [5.41, 5.74) is 0.385. The standard InChI is InChI=1S/C12H9F3N2O2/c13-12(14,15)7(5-11(18)19)10-6-16-8-3-1-2-4-9(8)17-10/h1-4,6-7H,5H2,(H,18,19). The van der Waals surface area contributed by atoms with Crippen molar-refractivity contribution < 1.29 is 23.1 Å². The molecule has 1 aromatic carbocycles. The van der Waals surface area contributed by atoms with E-state index >= 15 is 0 Å². The Balaban J connectivity index is 2.46. The first-order chi connectivity index (χ1) is 8.88. The number of hydrogen-bond acceptors (Lipinski definition) is 3. The molecule has 1 N–H and O–H groups in total. The monoisotopic (exact) mass is 270 g/mol. The minimum atomic E-state index is -4.67. The molecule has 0 aliphatic carbocycles. The van der Waals surface area contributed by atoms with Crippen LogP contribution in [0, 0.1) is 0 Å². The van der Waals surface area contributed by atoms with Crippen molar-refractivity contribution in [2.75, 3.05) is 0 Å². The van der Waals surface area contributed by atoms with Gasteiger partial charge in [0.05, 0.1) is 23.1 Å². The molecule has 0 fully saturated rings. The molecule has 4 nitrogen and oxygen atoms in total. The number of halogens is 3. The molecule has 7 heteroatoms. The number of para-hydroxylation sites is 2. The number of rotatable bonds is 3. The second-order valence-electron chi connectivity index (χ2n) is 3.98. The number of benzene rings is 1. The zero-order valence-electron chi connectivity index (χ0n) is 9.55. The van der Waals surface area contributed by atoms with E-state index in [0.29, 0.717) is 11.0 Å². The molecule has 0 aliphatic rings. The van der Waals surface area contributed by atoms with E-state index in [0.717, 1.165) is 6.20 Å². The van der Waals surface area contributed by atoms with E-state index in [1.807, 2.05) is 0 Å². The van der Waals surface area contributed by atoms with Gasteiger partial charge in [0.15, 0.2) is 0 Å². The molecule has 19 heavy (non-hydrogen) atoms. The average molecular weight is 270 g/mol. The lowest BCUT2D eigenvalue weighted by Crippen LogP contribution is -2.24. The summed E-state index contributed by atoms with van der Waals surface area (Å²) in [6.45, 7) is 0. The highest BCUT2D eigenvalue weighted by atomic mass is 19.4. The van der Waals surface area contributed by atoms with Crippen molar-refractivity contribution in [3.05, 3.63) is 36.2 Å². The molecular weight excluding hydrogens is 261 g/mol. The summed E-state index contributed by atoms with van der Waals surface area (Å²) in [7, 11) is 0. The third-order valence-electron chi connectivity index (χ3n) is 2.60. The van der Waals surface area contributed by atoms with Gasteiger partial charge in [0, 0.05) is 6.20 Å². The van der Waals surface area contributed by atoms with Crippen molar-refractivity contribution in [1.29, 1.82) is 0 Å². The zero-order valence-corrected chi connectivity index (χ0v) is 9.55. The normalized spacial score (nSPS) is 13.4. The quantitative estimate of drug-likeness (QED) is 0.931. The van der Waals surface area contributed by atoms with Crippen LogP contribution in [-0.4, -0.2) is 27.2 Å². The second-order valence-corrected chi connectivity index (χ2v) is 3.98. The van der Waals surface area contributed by atoms with Crippen LogP contribution in [0.2, 0.25) is 0 Å². The van der Waals surface area contributed by atoms with Gasteiger partial charge in [-0.3, -0.25) is 9.78 Å². The van der Waals surface area contributed by atoms with Gasteiger partial charge in [0.25, 0.3) is 0 Å². The molecule has 0 aliphatic heterocycles. The Hall–Kier alpha value is -2.18. The Bertz CT molecular complexity index is 613. The molecule has 0 saturated heterocycles. The number of carboxylic acid groups (broad SMARTS) is 1. The van der Waals surface area contributed by atoms with Gasteiger partial charge in [-0.1, -0.05) is 12.1 Å². The van der Waals surface area contributed by atoms with Gasteiger partial charge in [0.1, 0.15) is 5.92 Å². The number of alkyl halides is 3. The molecule has 2 aromatic rings. The minimum absolute atomic E-state index is 0.305. The smallest absolute Gasteiger partial charge is 0.397 e. The average Bonchev–Trinajstić information content (AvgIpc) is 2.34. The number of aromatic nitrogens is 2. The lowest BCUT2D eigenvalue weighted by Gasteiger charge is -2.17. The second kappa shape index (κ2) is 4.83. The first kappa shape index (κ1) is 13.3. The Morgan fingerprint density at radius 3 is 2.47 bits per heavy atom. The van der Waals surface area contributed by atoms with Crippen molar-refractivity contribution in [2.45, 2.75) is 18.5 Å². The Labute approximate surface area is 105 Å². The first-order valence-corrected chi connectivity index (χ1v) is 5.38. The third-order valence-corrected chi connectivity index (χ3v) is 2.60. The van der Waals surface area contributed by atoms with Crippen LogP contribution in [0.15, 0.2) is 30.5 Å². The first-order valence-electron chi connectivity index (χ1n) is 5.38. The van der Waals surface area contributed by atoms with Gasteiger partial charge in [-0.15, -0.1) is 0 Å². The summed E-state index contributed by atoms with van der Waals surface area (Å²) >= 11 is 0. The molecule has 2 rings (SSSR count). The van der Waals surface area contributed by atoms with Crippen LogP contribution in [-0.2, 0) is 4.79 Å². The van der Waals surface area contributed by atoms with Crippen LogP contribution in [0.5, 0.6) is 0 Å². The van der Waals surface area contributed by atoms with Crippen molar-refractivity contribution in [3.8, 4) is 0 Å². The summed E-state index contributed by atoms with van der Waals surface area (Å²) in [6.07, 6.45) is -4.75. The van der Waals surface area contributed by atoms with Gasteiger partial charge in [-0.25, -0.2) is 4.98 Å². The summed E-state index contributed by atoms with van der Waals surface area (Å²) in [4.78, 5) is 18.3. The highest BCUT2D eigenvalue weighted by Gasteiger charge is 2.43. The lowest BCUT2D eigenvalue weighted by molar-refractivity contribution is -0.164. The van der Waals surface area contributed by atoms with Gasteiger partial charge in [0.2, 0.25) is 0 Å². The molecule has 1 heterocycles. The molecule has 0 spiro atoms. The fraction of sp³-hybridized carbons (Fsp3) is 0.250. The molecule has 1 unspecified atom stereocenters. The van der Waals surface area contributed by atoms with Crippen LogP contribution in [0.4, 0.5) is 13.2 Å². The molecule has 0 radical (unpaired) electrons. The molecule has 0 amide bonds.